The monoisotopic (exact) mass is 334 g/mol. The molecule has 25 heavy (non-hydrogen) atoms. The maximum Gasteiger partial charge on any atom is 0.260 e. The number of nitrogens with zero attached hydrogens (tertiary/aromatic N) is 2. The van der Waals surface area contributed by atoms with E-state index in [2.05, 4.69) is 30.3 Å². The van der Waals surface area contributed by atoms with E-state index in [1.807, 2.05) is 11.0 Å². The molecule has 0 atom stereocenters. The summed E-state index contributed by atoms with van der Waals surface area (Å²) in [7, 11) is 0. The molecule has 1 fully saturated rings. The molecule has 1 aliphatic rings. The fraction of sp³-hybridized carbons (Fsp3) is 0.333. The number of amides is 1. The molecular formula is C21H22N2O2. The minimum atomic E-state index is 0.0301. The van der Waals surface area contributed by atoms with Crippen LogP contribution in [0.2, 0.25) is 0 Å². The number of hydrogen-bond acceptors (Lipinski definition) is 3. The van der Waals surface area contributed by atoms with Crippen LogP contribution in [0, 0.1) is 17.2 Å². The van der Waals surface area contributed by atoms with E-state index in [1.54, 1.807) is 24.3 Å². The van der Waals surface area contributed by atoms with Gasteiger partial charge in [-0.1, -0.05) is 30.3 Å². The summed E-state index contributed by atoms with van der Waals surface area (Å²) in [6, 6.07) is 19.4. The second kappa shape index (κ2) is 8.34. The predicted octanol–water partition coefficient (Wildman–Crippen LogP) is 3.42. The second-order valence-electron chi connectivity index (χ2n) is 6.44. The van der Waals surface area contributed by atoms with Gasteiger partial charge in [0.05, 0.1) is 11.6 Å². The Kier molecular flexibility index (Phi) is 5.69. The van der Waals surface area contributed by atoms with Gasteiger partial charge in [-0.05, 0) is 55.0 Å². The highest BCUT2D eigenvalue weighted by Gasteiger charge is 2.23. The van der Waals surface area contributed by atoms with Crippen LogP contribution in [0.3, 0.4) is 0 Å². The zero-order chi connectivity index (χ0) is 17.5. The van der Waals surface area contributed by atoms with Crippen molar-refractivity contribution in [3.05, 3.63) is 65.7 Å². The van der Waals surface area contributed by atoms with Crippen molar-refractivity contribution in [3.63, 3.8) is 0 Å². The van der Waals surface area contributed by atoms with Crippen molar-refractivity contribution in [2.75, 3.05) is 19.7 Å². The Bertz CT molecular complexity index is 727. The summed E-state index contributed by atoms with van der Waals surface area (Å²) in [5.74, 6) is 1.29. The van der Waals surface area contributed by atoms with Crippen LogP contribution < -0.4 is 4.74 Å². The Morgan fingerprint density at radius 2 is 1.76 bits per heavy atom. The molecule has 2 aromatic carbocycles. The number of piperidine rings is 1. The number of nitriles is 1. The summed E-state index contributed by atoms with van der Waals surface area (Å²) in [6.45, 7) is 1.65. The van der Waals surface area contributed by atoms with E-state index in [-0.39, 0.29) is 12.5 Å². The first kappa shape index (κ1) is 17.0. The molecule has 1 heterocycles. The summed E-state index contributed by atoms with van der Waals surface area (Å²) in [5, 5.41) is 8.78. The molecule has 0 aromatic heterocycles. The van der Waals surface area contributed by atoms with Crippen LogP contribution in [0.4, 0.5) is 0 Å². The highest BCUT2D eigenvalue weighted by molar-refractivity contribution is 5.77. The van der Waals surface area contributed by atoms with E-state index in [1.165, 1.54) is 5.56 Å². The minimum Gasteiger partial charge on any atom is -0.484 e. The number of benzene rings is 2. The van der Waals surface area contributed by atoms with Crippen LogP contribution in [0.15, 0.2) is 54.6 Å². The topological polar surface area (TPSA) is 53.3 Å². The second-order valence-corrected chi connectivity index (χ2v) is 6.44. The Balaban J connectivity index is 1.42. The Hall–Kier alpha value is -2.80. The van der Waals surface area contributed by atoms with Crippen LogP contribution in [0.5, 0.6) is 5.75 Å². The summed E-state index contributed by atoms with van der Waals surface area (Å²) in [6.07, 6.45) is 3.17. The quantitative estimate of drug-likeness (QED) is 0.842. The fourth-order valence-electron chi connectivity index (χ4n) is 3.20. The van der Waals surface area contributed by atoms with E-state index >= 15 is 0 Å². The smallest absolute Gasteiger partial charge is 0.260 e. The van der Waals surface area contributed by atoms with Crippen molar-refractivity contribution in [1.82, 2.24) is 4.90 Å². The van der Waals surface area contributed by atoms with Gasteiger partial charge in [-0.2, -0.15) is 5.26 Å². The lowest BCUT2D eigenvalue weighted by Crippen LogP contribution is -2.41. The normalized spacial score (nSPS) is 14.8. The van der Waals surface area contributed by atoms with Crippen LogP contribution in [0.1, 0.15) is 24.0 Å². The lowest BCUT2D eigenvalue weighted by atomic mass is 9.90. The molecule has 4 heteroatoms. The molecule has 4 nitrogen and oxygen atoms in total. The van der Waals surface area contributed by atoms with Crippen molar-refractivity contribution >= 4 is 5.91 Å². The van der Waals surface area contributed by atoms with E-state index in [9.17, 15) is 4.79 Å². The number of carbonyl (C=O) groups is 1. The van der Waals surface area contributed by atoms with E-state index in [0.717, 1.165) is 32.4 Å². The van der Waals surface area contributed by atoms with Gasteiger partial charge < -0.3 is 9.64 Å². The molecule has 0 spiro atoms. The maximum atomic E-state index is 12.3. The number of rotatable bonds is 5. The van der Waals surface area contributed by atoms with Gasteiger partial charge >= 0.3 is 0 Å². The van der Waals surface area contributed by atoms with Gasteiger partial charge in [-0.25, -0.2) is 0 Å². The van der Waals surface area contributed by atoms with Crippen molar-refractivity contribution in [2.45, 2.75) is 19.3 Å². The van der Waals surface area contributed by atoms with Crippen LogP contribution in [-0.2, 0) is 11.2 Å². The first-order valence-corrected chi connectivity index (χ1v) is 8.69. The molecule has 0 radical (unpaired) electrons. The van der Waals surface area contributed by atoms with Gasteiger partial charge in [0.2, 0.25) is 0 Å². The third-order valence-electron chi connectivity index (χ3n) is 4.68. The Morgan fingerprint density at radius 3 is 2.40 bits per heavy atom. The summed E-state index contributed by atoms with van der Waals surface area (Å²) in [5.41, 5.74) is 1.95. The van der Waals surface area contributed by atoms with Gasteiger partial charge in [0.15, 0.2) is 6.61 Å². The number of likely N-dealkylation sites (tertiary alicyclic amines) is 1. The number of ether oxygens (including phenoxy) is 1. The molecule has 2 aromatic rings. The van der Waals surface area contributed by atoms with Gasteiger partial charge in [0, 0.05) is 13.1 Å². The maximum absolute atomic E-state index is 12.3. The zero-order valence-corrected chi connectivity index (χ0v) is 14.2. The first-order valence-electron chi connectivity index (χ1n) is 8.69. The van der Waals surface area contributed by atoms with Crippen LogP contribution in [-0.4, -0.2) is 30.5 Å². The van der Waals surface area contributed by atoms with Gasteiger partial charge in [-0.3, -0.25) is 4.79 Å². The first-order chi connectivity index (χ1) is 12.2. The third-order valence-corrected chi connectivity index (χ3v) is 4.68. The Labute approximate surface area is 148 Å². The van der Waals surface area contributed by atoms with Crippen molar-refractivity contribution in [1.29, 1.82) is 5.26 Å². The van der Waals surface area contributed by atoms with E-state index < -0.39 is 0 Å². The van der Waals surface area contributed by atoms with Crippen molar-refractivity contribution in [2.24, 2.45) is 5.92 Å². The average Bonchev–Trinajstić information content (AvgIpc) is 2.68. The van der Waals surface area contributed by atoms with Gasteiger partial charge in [-0.15, -0.1) is 0 Å². The molecule has 0 saturated carbocycles. The molecule has 1 aliphatic heterocycles. The van der Waals surface area contributed by atoms with E-state index in [4.69, 9.17) is 10.00 Å². The lowest BCUT2D eigenvalue weighted by molar-refractivity contribution is -0.134. The molecule has 128 valence electrons. The minimum absolute atomic E-state index is 0.0301. The largest absolute Gasteiger partial charge is 0.484 e. The van der Waals surface area contributed by atoms with Crippen LogP contribution >= 0.6 is 0 Å². The fourth-order valence-corrected chi connectivity index (χ4v) is 3.20. The number of hydrogen-bond donors (Lipinski definition) is 0. The standard InChI is InChI=1S/C21H22N2O2/c22-15-19-6-8-20(9-7-19)25-16-21(24)23-12-10-18(11-13-23)14-17-4-2-1-3-5-17/h1-9,18H,10-14,16H2. The predicted molar refractivity (Wildman–Crippen MR) is 96.1 cm³/mol. The summed E-state index contributed by atoms with van der Waals surface area (Å²) in [4.78, 5) is 14.2. The summed E-state index contributed by atoms with van der Waals surface area (Å²) < 4.78 is 5.54. The molecule has 0 unspecified atom stereocenters. The molecule has 1 saturated heterocycles. The van der Waals surface area contributed by atoms with Gasteiger partial charge in [0.1, 0.15) is 5.75 Å². The van der Waals surface area contributed by atoms with E-state index in [0.29, 0.717) is 17.2 Å². The SMILES string of the molecule is N#Cc1ccc(OCC(=O)N2CCC(Cc3ccccc3)CC2)cc1. The average molecular weight is 334 g/mol. The molecule has 0 aliphatic carbocycles. The zero-order valence-electron chi connectivity index (χ0n) is 14.2. The van der Waals surface area contributed by atoms with Crippen molar-refractivity contribution in [3.8, 4) is 11.8 Å². The molecule has 3 rings (SSSR count). The van der Waals surface area contributed by atoms with Crippen LogP contribution in [0.25, 0.3) is 0 Å². The summed E-state index contributed by atoms with van der Waals surface area (Å²) >= 11 is 0. The molecule has 0 bridgehead atoms. The lowest BCUT2D eigenvalue weighted by Gasteiger charge is -2.32. The highest BCUT2D eigenvalue weighted by atomic mass is 16.5. The van der Waals surface area contributed by atoms with Gasteiger partial charge in [0.25, 0.3) is 5.91 Å². The molecule has 1 amide bonds. The molecular weight excluding hydrogens is 312 g/mol. The number of carbonyl (C=O) groups excluding carboxylic acids is 1. The Morgan fingerprint density at radius 1 is 1.08 bits per heavy atom. The molecule has 0 N–H and O–H groups in total. The highest BCUT2D eigenvalue weighted by Crippen LogP contribution is 2.22. The third kappa shape index (κ3) is 4.84. The van der Waals surface area contributed by atoms with Crippen molar-refractivity contribution < 1.29 is 9.53 Å².